The van der Waals surface area contributed by atoms with E-state index in [9.17, 15) is 0 Å². The Bertz CT molecular complexity index is 154. The molecule has 92 valence electrons. The van der Waals surface area contributed by atoms with Crippen LogP contribution in [0.25, 0.3) is 0 Å². The summed E-state index contributed by atoms with van der Waals surface area (Å²) in [4.78, 5) is 0. The second-order valence-electron chi connectivity index (χ2n) is 5.53. The zero-order chi connectivity index (χ0) is 11.9. The number of hydrogen-bond acceptors (Lipinski definition) is 1. The molecule has 0 heterocycles. The molecule has 0 bridgehead atoms. The van der Waals surface area contributed by atoms with Crippen LogP contribution in [0.4, 0.5) is 0 Å². The van der Waals surface area contributed by atoms with Crippen LogP contribution in [0.3, 0.4) is 0 Å². The molecule has 0 saturated carbocycles. The first-order valence-corrected chi connectivity index (χ1v) is 8.20. The predicted octanol–water partition coefficient (Wildman–Crippen LogP) is 5.50. The van der Waals surface area contributed by atoms with Gasteiger partial charge in [-0.05, 0) is 18.3 Å². The van der Waals surface area contributed by atoms with Crippen LogP contribution >= 0.6 is 27.7 Å². The van der Waals surface area contributed by atoms with Gasteiger partial charge in [-0.2, -0.15) is 11.8 Å². The van der Waals surface area contributed by atoms with Crippen LogP contribution in [0.15, 0.2) is 0 Å². The van der Waals surface area contributed by atoms with Crippen molar-refractivity contribution in [1.29, 1.82) is 0 Å². The van der Waals surface area contributed by atoms with E-state index in [1.807, 2.05) is 0 Å². The Morgan fingerprint density at radius 2 is 1.47 bits per heavy atom. The summed E-state index contributed by atoms with van der Waals surface area (Å²) in [5, 5.41) is 1.16. The minimum Gasteiger partial charge on any atom is -0.155 e. The van der Waals surface area contributed by atoms with Crippen molar-refractivity contribution in [3.63, 3.8) is 0 Å². The lowest BCUT2D eigenvalue weighted by atomic mass is 9.83. The molecule has 0 amide bonds. The normalized spacial score (nSPS) is 13.2. The van der Waals surface area contributed by atoms with Gasteiger partial charge in [0.05, 0.1) is 0 Å². The second-order valence-corrected chi connectivity index (χ2v) is 7.90. The van der Waals surface area contributed by atoms with Crippen molar-refractivity contribution in [2.24, 2.45) is 5.41 Å². The molecular formula is C13H27BrS. The van der Waals surface area contributed by atoms with E-state index in [4.69, 9.17) is 0 Å². The minimum atomic E-state index is 0.398. The third-order valence-electron chi connectivity index (χ3n) is 2.66. The highest BCUT2D eigenvalue weighted by molar-refractivity contribution is 9.09. The van der Waals surface area contributed by atoms with Gasteiger partial charge in [0.1, 0.15) is 0 Å². The summed E-state index contributed by atoms with van der Waals surface area (Å²) >= 11 is 5.84. The number of thioether (sulfide) groups is 1. The van der Waals surface area contributed by atoms with Gasteiger partial charge >= 0.3 is 0 Å². The number of rotatable bonds is 7. The van der Waals surface area contributed by atoms with Gasteiger partial charge in [-0.25, -0.2) is 0 Å². The number of alkyl halides is 1. The van der Waals surface area contributed by atoms with E-state index in [0.717, 1.165) is 5.33 Å². The standard InChI is InChI=1S/C13H27BrS/c1-6-8-13(10-14,9-7-2)11-15-12(3,4)5/h6-11H2,1-5H3. The lowest BCUT2D eigenvalue weighted by molar-refractivity contribution is 0.319. The predicted molar refractivity (Wildman–Crippen MR) is 78.3 cm³/mol. The monoisotopic (exact) mass is 294 g/mol. The summed E-state index contributed by atoms with van der Waals surface area (Å²) in [6.45, 7) is 11.5. The molecular weight excluding hydrogens is 268 g/mol. The van der Waals surface area contributed by atoms with Crippen LogP contribution in [0.2, 0.25) is 0 Å². The van der Waals surface area contributed by atoms with E-state index < -0.39 is 0 Å². The fourth-order valence-corrected chi connectivity index (χ4v) is 4.02. The highest BCUT2D eigenvalue weighted by atomic mass is 79.9. The molecule has 0 aliphatic heterocycles. The molecule has 0 nitrogen and oxygen atoms in total. The summed E-state index contributed by atoms with van der Waals surface area (Å²) in [6.07, 6.45) is 5.32. The molecule has 0 unspecified atom stereocenters. The molecule has 0 atom stereocenters. The molecule has 0 aliphatic carbocycles. The van der Waals surface area contributed by atoms with Crippen molar-refractivity contribution >= 4 is 27.7 Å². The van der Waals surface area contributed by atoms with Gasteiger partial charge in [0.2, 0.25) is 0 Å². The van der Waals surface area contributed by atoms with Crippen molar-refractivity contribution in [3.8, 4) is 0 Å². The van der Waals surface area contributed by atoms with E-state index in [0.29, 0.717) is 10.2 Å². The van der Waals surface area contributed by atoms with Gasteiger partial charge in [-0.1, -0.05) is 63.4 Å². The maximum Gasteiger partial charge on any atom is 0.00958 e. The summed E-state index contributed by atoms with van der Waals surface area (Å²) in [6, 6.07) is 0. The second kappa shape index (κ2) is 7.21. The zero-order valence-electron chi connectivity index (χ0n) is 11.0. The average Bonchev–Trinajstić information content (AvgIpc) is 2.14. The molecule has 0 saturated heterocycles. The summed E-state index contributed by atoms with van der Waals surface area (Å²) in [5.41, 5.74) is 0.529. The molecule has 0 aromatic heterocycles. The third kappa shape index (κ3) is 6.88. The lowest BCUT2D eigenvalue weighted by Crippen LogP contribution is -2.28. The average molecular weight is 295 g/mol. The Labute approximate surface area is 109 Å². The smallest absolute Gasteiger partial charge is 0.00958 e. The van der Waals surface area contributed by atoms with Crippen LogP contribution in [-0.2, 0) is 0 Å². The van der Waals surface area contributed by atoms with Crippen molar-refractivity contribution in [2.45, 2.75) is 65.0 Å². The highest BCUT2D eigenvalue weighted by Crippen LogP contribution is 2.39. The largest absolute Gasteiger partial charge is 0.155 e. The van der Waals surface area contributed by atoms with E-state index in [-0.39, 0.29) is 0 Å². The molecule has 0 aromatic carbocycles. The van der Waals surface area contributed by atoms with Crippen LogP contribution in [0.5, 0.6) is 0 Å². The molecule has 0 rings (SSSR count). The molecule has 0 fully saturated rings. The summed E-state index contributed by atoms with van der Waals surface area (Å²) < 4.78 is 0.398. The molecule has 15 heavy (non-hydrogen) atoms. The molecule has 2 heteroatoms. The maximum atomic E-state index is 3.73. The van der Waals surface area contributed by atoms with E-state index in [1.54, 1.807) is 0 Å². The van der Waals surface area contributed by atoms with Crippen molar-refractivity contribution < 1.29 is 0 Å². The molecule has 0 spiro atoms. The molecule has 0 aromatic rings. The minimum absolute atomic E-state index is 0.398. The zero-order valence-corrected chi connectivity index (χ0v) is 13.4. The first-order valence-electron chi connectivity index (χ1n) is 6.09. The van der Waals surface area contributed by atoms with Crippen LogP contribution in [-0.4, -0.2) is 15.8 Å². The number of halogens is 1. The fourth-order valence-electron chi connectivity index (χ4n) is 1.87. The Morgan fingerprint density at radius 1 is 1.00 bits per heavy atom. The first kappa shape index (κ1) is 15.8. The maximum absolute atomic E-state index is 3.73. The summed E-state index contributed by atoms with van der Waals surface area (Å²) in [7, 11) is 0. The van der Waals surface area contributed by atoms with Crippen LogP contribution < -0.4 is 0 Å². The Kier molecular flexibility index (Phi) is 7.61. The Hall–Kier alpha value is 0.830. The topological polar surface area (TPSA) is 0 Å². The summed E-state index contributed by atoms with van der Waals surface area (Å²) in [5.74, 6) is 1.30. The number of hydrogen-bond donors (Lipinski definition) is 0. The SMILES string of the molecule is CCCC(CBr)(CCC)CSC(C)(C)C. The lowest BCUT2D eigenvalue weighted by Gasteiger charge is -2.34. The third-order valence-corrected chi connectivity index (χ3v) is 5.47. The van der Waals surface area contributed by atoms with Crippen LogP contribution in [0, 0.1) is 5.41 Å². The van der Waals surface area contributed by atoms with Gasteiger partial charge in [-0.15, -0.1) is 0 Å². The van der Waals surface area contributed by atoms with E-state index >= 15 is 0 Å². The Morgan fingerprint density at radius 3 is 1.73 bits per heavy atom. The van der Waals surface area contributed by atoms with Crippen molar-refractivity contribution in [3.05, 3.63) is 0 Å². The molecule has 0 aliphatic rings. The molecule has 0 N–H and O–H groups in total. The van der Waals surface area contributed by atoms with E-state index in [2.05, 4.69) is 62.3 Å². The van der Waals surface area contributed by atoms with Crippen molar-refractivity contribution in [2.75, 3.05) is 11.1 Å². The van der Waals surface area contributed by atoms with Gasteiger partial charge < -0.3 is 0 Å². The van der Waals surface area contributed by atoms with E-state index in [1.165, 1.54) is 31.4 Å². The molecule has 0 radical (unpaired) electrons. The van der Waals surface area contributed by atoms with Gasteiger partial charge in [0.15, 0.2) is 0 Å². The fraction of sp³-hybridized carbons (Fsp3) is 1.00. The quantitative estimate of drug-likeness (QED) is 0.559. The van der Waals surface area contributed by atoms with Gasteiger partial charge in [0.25, 0.3) is 0 Å². The highest BCUT2D eigenvalue weighted by Gasteiger charge is 2.29. The first-order chi connectivity index (χ1) is 6.89. The van der Waals surface area contributed by atoms with Crippen LogP contribution in [0.1, 0.15) is 60.3 Å². The Balaban J connectivity index is 4.33. The van der Waals surface area contributed by atoms with Gasteiger partial charge in [0, 0.05) is 15.8 Å². The van der Waals surface area contributed by atoms with Crippen molar-refractivity contribution in [1.82, 2.24) is 0 Å². The van der Waals surface area contributed by atoms with Gasteiger partial charge in [-0.3, -0.25) is 0 Å².